The number of hydrogen-bond acceptors (Lipinski definition) is 7. The van der Waals surface area contributed by atoms with Crippen LogP contribution >= 0.6 is 23.2 Å². The normalized spacial score (nSPS) is 15.1. The Morgan fingerprint density at radius 1 is 1.29 bits per heavy atom. The highest BCUT2D eigenvalue weighted by molar-refractivity contribution is 6.35. The molecule has 0 amide bonds. The molecule has 0 spiro atoms. The quantitative estimate of drug-likeness (QED) is 0.359. The lowest BCUT2D eigenvalue weighted by molar-refractivity contribution is -0.108. The molecule has 2 atom stereocenters. The zero-order valence-corrected chi connectivity index (χ0v) is 19.6. The van der Waals surface area contributed by atoms with Gasteiger partial charge in [-0.25, -0.2) is 4.98 Å². The lowest BCUT2D eigenvalue weighted by atomic mass is 10.1. The summed E-state index contributed by atoms with van der Waals surface area (Å²) in [4.78, 5) is 24.8. The fraction of sp³-hybridized carbons (Fsp3) is 0.261. The minimum absolute atomic E-state index is 0.175. The van der Waals surface area contributed by atoms with Crippen molar-refractivity contribution in [2.45, 2.75) is 38.6 Å². The summed E-state index contributed by atoms with van der Waals surface area (Å²) in [7, 11) is 0. The number of nitrogens with one attached hydrogen (secondary N) is 2. The molecule has 1 aromatic carbocycles. The van der Waals surface area contributed by atoms with Gasteiger partial charge in [-0.2, -0.15) is 10.4 Å². The maximum absolute atomic E-state index is 10.8. The van der Waals surface area contributed by atoms with E-state index in [0.717, 1.165) is 28.6 Å². The molecule has 2 N–H and O–H groups in total. The zero-order chi connectivity index (χ0) is 23.8. The highest BCUT2D eigenvalue weighted by Crippen LogP contribution is 2.35. The smallest absolute Gasteiger partial charge is 0.159 e. The topological polar surface area (TPSA) is 124 Å². The number of imidazole rings is 1. The summed E-state index contributed by atoms with van der Waals surface area (Å²) in [6.45, 7) is 2.89. The maximum atomic E-state index is 10.8. The van der Waals surface area contributed by atoms with Crippen LogP contribution < -0.4 is 4.74 Å². The van der Waals surface area contributed by atoms with Crippen molar-refractivity contribution in [1.29, 1.82) is 5.26 Å². The van der Waals surface area contributed by atoms with Gasteiger partial charge in [-0.05, 0) is 25.1 Å². The molecule has 0 saturated carbocycles. The molecule has 0 saturated heterocycles. The second-order valence-electron chi connectivity index (χ2n) is 8.02. The predicted octanol–water partition coefficient (Wildman–Crippen LogP) is 4.59. The molecule has 5 rings (SSSR count). The first-order valence-corrected chi connectivity index (χ1v) is 11.3. The van der Waals surface area contributed by atoms with Crippen LogP contribution in [0.2, 0.25) is 10.0 Å². The van der Waals surface area contributed by atoms with Gasteiger partial charge in [0.1, 0.15) is 29.9 Å². The van der Waals surface area contributed by atoms with Crippen molar-refractivity contribution < 1.29 is 9.53 Å². The van der Waals surface area contributed by atoms with Gasteiger partial charge in [-0.3, -0.25) is 15.0 Å². The summed E-state index contributed by atoms with van der Waals surface area (Å²) < 4.78 is 6.13. The highest BCUT2D eigenvalue weighted by Gasteiger charge is 2.29. The molecule has 0 aliphatic carbocycles. The molecule has 11 heteroatoms. The zero-order valence-electron chi connectivity index (χ0n) is 18.0. The van der Waals surface area contributed by atoms with E-state index >= 15 is 0 Å². The molecule has 1 aliphatic rings. The number of H-pyrrole nitrogens is 2. The molecule has 1 aliphatic heterocycles. The van der Waals surface area contributed by atoms with Crippen molar-refractivity contribution in [3.63, 3.8) is 0 Å². The summed E-state index contributed by atoms with van der Waals surface area (Å²) in [6.07, 6.45) is 3.62. The van der Waals surface area contributed by atoms with Crippen LogP contribution in [0.25, 0.3) is 22.4 Å². The molecule has 4 heterocycles. The van der Waals surface area contributed by atoms with Crippen LogP contribution in [-0.2, 0) is 17.9 Å². The van der Waals surface area contributed by atoms with E-state index in [-0.39, 0.29) is 6.42 Å². The Morgan fingerprint density at radius 3 is 2.79 bits per heavy atom. The summed E-state index contributed by atoms with van der Waals surface area (Å²) >= 11 is 12.5. The van der Waals surface area contributed by atoms with Gasteiger partial charge in [-0.1, -0.05) is 23.2 Å². The Morgan fingerprint density at radius 2 is 2.09 bits per heavy atom. The first-order chi connectivity index (χ1) is 16.5. The predicted molar refractivity (Wildman–Crippen MR) is 126 cm³/mol. The lowest BCUT2D eigenvalue weighted by Gasteiger charge is -2.18. The Bertz CT molecular complexity index is 1380. The van der Waals surface area contributed by atoms with Crippen molar-refractivity contribution in [3.05, 3.63) is 57.6 Å². The monoisotopic (exact) mass is 495 g/mol. The van der Waals surface area contributed by atoms with Gasteiger partial charge in [-0.15, -0.1) is 0 Å². The number of ether oxygens (including phenoxy) is 1. The van der Waals surface area contributed by atoms with Crippen LogP contribution in [-0.4, -0.2) is 42.4 Å². The van der Waals surface area contributed by atoms with Crippen molar-refractivity contribution in [2.75, 3.05) is 0 Å². The summed E-state index contributed by atoms with van der Waals surface area (Å²) in [5, 5.41) is 18.5. The van der Waals surface area contributed by atoms with Crippen LogP contribution in [0.3, 0.4) is 0 Å². The number of rotatable bonds is 7. The molecule has 9 nitrogen and oxygen atoms in total. The number of pyridine rings is 1. The Labute approximate surface area is 204 Å². The third-order valence-electron chi connectivity index (χ3n) is 5.86. The van der Waals surface area contributed by atoms with E-state index in [4.69, 9.17) is 32.9 Å². The summed E-state index contributed by atoms with van der Waals surface area (Å²) in [6, 6.07) is 7.34. The fourth-order valence-electron chi connectivity index (χ4n) is 4.19. The average molecular weight is 496 g/mol. The molecule has 0 radical (unpaired) electrons. The molecule has 172 valence electrons. The number of aromatic nitrogens is 5. The van der Waals surface area contributed by atoms with Crippen LogP contribution in [0, 0.1) is 11.3 Å². The average Bonchev–Trinajstić information content (AvgIpc) is 3.50. The number of benzene rings is 1. The fourth-order valence-corrected chi connectivity index (χ4v) is 4.86. The first kappa shape index (κ1) is 22.3. The van der Waals surface area contributed by atoms with E-state index < -0.39 is 12.1 Å². The summed E-state index contributed by atoms with van der Waals surface area (Å²) in [5.41, 5.74) is 3.94. The second kappa shape index (κ2) is 9.06. The van der Waals surface area contributed by atoms with Crippen LogP contribution in [0.5, 0.6) is 5.75 Å². The molecular weight excluding hydrogens is 477 g/mol. The van der Waals surface area contributed by atoms with Gasteiger partial charge in [0.05, 0.1) is 33.0 Å². The van der Waals surface area contributed by atoms with Gasteiger partial charge in [0.25, 0.3) is 0 Å². The molecule has 3 aromatic heterocycles. The minimum atomic E-state index is -0.459. The largest absolute Gasteiger partial charge is 0.486 e. The van der Waals surface area contributed by atoms with Crippen LogP contribution in [0.4, 0.5) is 0 Å². The van der Waals surface area contributed by atoms with Gasteiger partial charge in [0.2, 0.25) is 0 Å². The van der Waals surface area contributed by atoms with E-state index in [0.29, 0.717) is 46.0 Å². The summed E-state index contributed by atoms with van der Waals surface area (Å²) in [5.74, 6) is 1.26. The number of hydrogen-bond donors (Lipinski definition) is 2. The van der Waals surface area contributed by atoms with Crippen molar-refractivity contribution in [1.82, 2.24) is 30.0 Å². The van der Waals surface area contributed by atoms with E-state index in [9.17, 15) is 10.1 Å². The van der Waals surface area contributed by atoms with Crippen molar-refractivity contribution >= 4 is 40.4 Å². The molecule has 0 fully saturated rings. The third kappa shape index (κ3) is 4.01. The number of halogens is 2. The van der Waals surface area contributed by atoms with Crippen LogP contribution in [0.1, 0.15) is 36.4 Å². The van der Waals surface area contributed by atoms with Gasteiger partial charge in [0, 0.05) is 42.9 Å². The van der Waals surface area contributed by atoms with E-state index in [1.165, 1.54) is 12.4 Å². The Hall–Kier alpha value is -3.45. The standard InChI is InChI=1S/C23H19Cl2N7O2/c1-12(21-16(24)8-27-9-17(21)25)34-14-2-3-18-15(6-14)22(31-30-18)23-28-19-10-32(11-20(19)29-23)13(7-26)4-5-33/h2-3,5-6,8-9,12-13H,4,10-11H2,1H3,(H,28,29)(H,30,31). The Kier molecular flexibility index (Phi) is 5.96. The SMILES string of the molecule is CC(Oc1ccc2[nH]nc(-c3nc4c([nH]3)CN(C(C#N)CC=O)C4)c2c1)c1c(Cl)cncc1Cl. The molecular formula is C23H19Cl2N7O2. The van der Waals surface area contributed by atoms with Gasteiger partial charge >= 0.3 is 0 Å². The minimum Gasteiger partial charge on any atom is -0.486 e. The van der Waals surface area contributed by atoms with Crippen molar-refractivity contribution in [3.8, 4) is 23.3 Å². The Balaban J connectivity index is 1.40. The van der Waals surface area contributed by atoms with Crippen LogP contribution in [0.15, 0.2) is 30.6 Å². The highest BCUT2D eigenvalue weighted by atomic mass is 35.5. The number of carbonyl (C=O) groups is 1. The number of nitrogens with zero attached hydrogens (tertiary/aromatic N) is 5. The molecule has 0 bridgehead atoms. The number of aldehydes is 1. The van der Waals surface area contributed by atoms with E-state index in [2.05, 4.69) is 26.2 Å². The number of aromatic amines is 2. The van der Waals surface area contributed by atoms with Gasteiger partial charge in [0.15, 0.2) is 5.82 Å². The molecule has 34 heavy (non-hydrogen) atoms. The lowest BCUT2D eigenvalue weighted by Crippen LogP contribution is -2.29. The van der Waals surface area contributed by atoms with E-state index in [1.54, 1.807) is 0 Å². The first-order valence-electron chi connectivity index (χ1n) is 10.6. The molecule has 2 unspecified atom stereocenters. The van der Waals surface area contributed by atoms with Gasteiger partial charge < -0.3 is 14.5 Å². The number of nitriles is 1. The number of carbonyl (C=O) groups excluding carboxylic acids is 1. The van der Waals surface area contributed by atoms with E-state index in [1.807, 2.05) is 30.0 Å². The third-order valence-corrected chi connectivity index (χ3v) is 6.46. The molecule has 4 aromatic rings. The second-order valence-corrected chi connectivity index (χ2v) is 8.83. The van der Waals surface area contributed by atoms with Crippen molar-refractivity contribution in [2.24, 2.45) is 0 Å². The number of fused-ring (bicyclic) bond motifs is 2. The maximum Gasteiger partial charge on any atom is 0.159 e.